The van der Waals surface area contributed by atoms with Crippen LogP contribution in [0, 0.1) is 0 Å². The summed E-state index contributed by atoms with van der Waals surface area (Å²) in [5.74, 6) is -0.379. The summed E-state index contributed by atoms with van der Waals surface area (Å²) >= 11 is 1.57. The zero-order chi connectivity index (χ0) is 14.6. The number of rotatable bonds is 6. The number of carboxylic acid groups (broad SMARTS) is 1. The van der Waals surface area contributed by atoms with Crippen molar-refractivity contribution in [1.29, 1.82) is 0 Å². The minimum Gasteiger partial charge on any atom is -0.480 e. The maximum atomic E-state index is 12.5. The molecule has 0 aliphatic carbocycles. The highest BCUT2D eigenvalue weighted by molar-refractivity contribution is 7.98. The monoisotopic (exact) mass is 310 g/mol. The first kappa shape index (κ1) is 16.7. The molecule has 1 saturated heterocycles. The van der Waals surface area contributed by atoms with E-state index in [-0.39, 0.29) is 12.6 Å². The van der Waals surface area contributed by atoms with Crippen LogP contribution in [0.3, 0.4) is 0 Å². The molecule has 1 fully saturated rings. The molecule has 2 unspecified atom stereocenters. The zero-order valence-electron chi connectivity index (χ0n) is 11.6. The van der Waals surface area contributed by atoms with E-state index >= 15 is 0 Å². The van der Waals surface area contributed by atoms with Gasteiger partial charge in [-0.25, -0.2) is 0 Å². The Morgan fingerprint density at radius 2 is 2.16 bits per heavy atom. The van der Waals surface area contributed by atoms with Gasteiger partial charge < -0.3 is 5.11 Å². The van der Waals surface area contributed by atoms with Crippen LogP contribution in [0.5, 0.6) is 0 Å². The number of hydrogen-bond donors (Lipinski definition) is 1. The molecule has 0 bridgehead atoms. The standard InChI is InChI=1S/C11H22N2O4S2/c1-9(8-18-3)12(2)19(16,17)13-7-5-4-6-10(13)11(14)15/h9-10H,4-8H2,1-3H3,(H,14,15). The van der Waals surface area contributed by atoms with Gasteiger partial charge in [0.05, 0.1) is 0 Å². The summed E-state index contributed by atoms with van der Waals surface area (Å²) in [6.45, 7) is 2.11. The van der Waals surface area contributed by atoms with Crippen molar-refractivity contribution in [3.05, 3.63) is 0 Å². The number of carbonyl (C=O) groups is 1. The molecule has 0 aromatic heterocycles. The van der Waals surface area contributed by atoms with Gasteiger partial charge in [0.25, 0.3) is 10.2 Å². The van der Waals surface area contributed by atoms with Crippen molar-refractivity contribution >= 4 is 27.9 Å². The maximum Gasteiger partial charge on any atom is 0.322 e. The molecule has 1 rings (SSSR count). The van der Waals surface area contributed by atoms with Gasteiger partial charge >= 0.3 is 5.97 Å². The van der Waals surface area contributed by atoms with Gasteiger partial charge in [0.15, 0.2) is 0 Å². The largest absolute Gasteiger partial charge is 0.480 e. The predicted molar refractivity (Wildman–Crippen MR) is 76.5 cm³/mol. The van der Waals surface area contributed by atoms with E-state index in [2.05, 4.69) is 0 Å². The van der Waals surface area contributed by atoms with E-state index < -0.39 is 22.2 Å². The fraction of sp³-hybridized carbons (Fsp3) is 0.909. The van der Waals surface area contributed by atoms with E-state index in [1.165, 1.54) is 11.4 Å². The van der Waals surface area contributed by atoms with E-state index in [1.54, 1.807) is 11.8 Å². The zero-order valence-corrected chi connectivity index (χ0v) is 13.2. The summed E-state index contributed by atoms with van der Waals surface area (Å²) in [5, 5.41) is 9.17. The van der Waals surface area contributed by atoms with Crippen LogP contribution in [-0.4, -0.2) is 65.8 Å². The second kappa shape index (κ2) is 6.92. The molecular weight excluding hydrogens is 288 g/mol. The third-order valence-corrected chi connectivity index (χ3v) is 6.36. The highest BCUT2D eigenvalue weighted by Gasteiger charge is 2.39. The lowest BCUT2D eigenvalue weighted by Crippen LogP contribution is -2.54. The average molecular weight is 310 g/mol. The Morgan fingerprint density at radius 1 is 1.53 bits per heavy atom. The average Bonchev–Trinajstić information content (AvgIpc) is 2.38. The SMILES string of the molecule is CSCC(C)N(C)S(=O)(=O)N1CCCCC1C(=O)O. The van der Waals surface area contributed by atoms with E-state index in [0.717, 1.165) is 10.7 Å². The lowest BCUT2D eigenvalue weighted by Gasteiger charge is -2.36. The van der Waals surface area contributed by atoms with Crippen molar-refractivity contribution in [3.63, 3.8) is 0 Å². The van der Waals surface area contributed by atoms with Gasteiger partial charge in [-0.2, -0.15) is 28.8 Å². The Morgan fingerprint density at radius 3 is 2.68 bits per heavy atom. The van der Waals surface area contributed by atoms with Gasteiger partial charge in [0, 0.05) is 25.4 Å². The van der Waals surface area contributed by atoms with Gasteiger partial charge in [-0.15, -0.1) is 0 Å². The minimum atomic E-state index is -3.71. The van der Waals surface area contributed by atoms with Crippen LogP contribution in [0.15, 0.2) is 0 Å². The fourth-order valence-corrected chi connectivity index (χ4v) is 4.70. The van der Waals surface area contributed by atoms with Gasteiger partial charge in [0.2, 0.25) is 0 Å². The third kappa shape index (κ3) is 3.84. The van der Waals surface area contributed by atoms with Crippen molar-refractivity contribution in [1.82, 2.24) is 8.61 Å². The van der Waals surface area contributed by atoms with Crippen LogP contribution in [0.1, 0.15) is 26.2 Å². The van der Waals surface area contributed by atoms with Crippen molar-refractivity contribution in [3.8, 4) is 0 Å². The first-order valence-electron chi connectivity index (χ1n) is 6.29. The molecule has 0 spiro atoms. The first-order valence-corrected chi connectivity index (χ1v) is 9.08. The molecule has 0 saturated carbocycles. The Labute approximate surface area is 119 Å². The molecule has 0 aromatic carbocycles. The third-order valence-electron chi connectivity index (χ3n) is 3.43. The van der Waals surface area contributed by atoms with Gasteiger partial charge in [0.1, 0.15) is 6.04 Å². The molecule has 1 N–H and O–H groups in total. The molecule has 0 amide bonds. The predicted octanol–water partition coefficient (Wildman–Crippen LogP) is 0.854. The second-order valence-corrected chi connectivity index (χ2v) is 7.64. The second-order valence-electron chi connectivity index (χ2n) is 4.79. The molecule has 0 radical (unpaired) electrons. The molecule has 1 aliphatic rings. The molecule has 2 atom stereocenters. The maximum absolute atomic E-state index is 12.5. The van der Waals surface area contributed by atoms with Crippen LogP contribution in [-0.2, 0) is 15.0 Å². The van der Waals surface area contributed by atoms with E-state index in [9.17, 15) is 13.2 Å². The van der Waals surface area contributed by atoms with E-state index in [1.807, 2.05) is 13.2 Å². The Balaban J connectivity index is 2.93. The molecule has 19 heavy (non-hydrogen) atoms. The number of piperidine rings is 1. The minimum absolute atomic E-state index is 0.156. The highest BCUT2D eigenvalue weighted by Crippen LogP contribution is 2.23. The van der Waals surface area contributed by atoms with Crippen LogP contribution in [0.25, 0.3) is 0 Å². The first-order chi connectivity index (χ1) is 8.82. The number of nitrogens with zero attached hydrogens (tertiary/aromatic N) is 2. The Kier molecular flexibility index (Phi) is 6.10. The summed E-state index contributed by atoms with van der Waals surface area (Å²) in [7, 11) is -2.19. The Hall–Kier alpha value is -0.310. The molecule has 6 nitrogen and oxygen atoms in total. The summed E-state index contributed by atoms with van der Waals surface area (Å²) in [5.41, 5.74) is 0. The van der Waals surface area contributed by atoms with Gasteiger partial charge in [-0.05, 0) is 32.4 Å². The highest BCUT2D eigenvalue weighted by atomic mass is 32.2. The number of hydrogen-bond acceptors (Lipinski definition) is 4. The number of carboxylic acids is 1. The van der Waals surface area contributed by atoms with Crippen molar-refractivity contribution < 1.29 is 18.3 Å². The summed E-state index contributed by atoms with van der Waals surface area (Å²) in [6.07, 6.45) is 3.78. The van der Waals surface area contributed by atoms with Crippen molar-refractivity contribution in [2.24, 2.45) is 0 Å². The lowest BCUT2D eigenvalue weighted by molar-refractivity contribution is -0.142. The number of aliphatic carboxylic acids is 1. The molecule has 1 heterocycles. The van der Waals surface area contributed by atoms with Crippen LogP contribution in [0.2, 0.25) is 0 Å². The molecule has 112 valence electrons. The normalized spacial score (nSPS) is 23.5. The van der Waals surface area contributed by atoms with E-state index in [0.29, 0.717) is 18.6 Å². The smallest absolute Gasteiger partial charge is 0.322 e. The molecule has 8 heteroatoms. The summed E-state index contributed by atoms with van der Waals surface area (Å²) in [4.78, 5) is 11.2. The van der Waals surface area contributed by atoms with Crippen molar-refractivity contribution in [2.45, 2.75) is 38.3 Å². The Bertz CT molecular complexity index is 413. The summed E-state index contributed by atoms with van der Waals surface area (Å²) < 4.78 is 27.4. The molecular formula is C11H22N2O4S2. The number of thioether (sulfide) groups is 1. The topological polar surface area (TPSA) is 77.9 Å². The van der Waals surface area contributed by atoms with Crippen molar-refractivity contribution in [2.75, 3.05) is 25.6 Å². The summed E-state index contributed by atoms with van der Waals surface area (Å²) in [6, 6.07) is -1.08. The quantitative estimate of drug-likeness (QED) is 0.787. The molecule has 1 aliphatic heterocycles. The molecule has 0 aromatic rings. The van der Waals surface area contributed by atoms with Crippen LogP contribution < -0.4 is 0 Å². The lowest BCUT2D eigenvalue weighted by atomic mass is 10.1. The van der Waals surface area contributed by atoms with Gasteiger partial charge in [-0.1, -0.05) is 0 Å². The van der Waals surface area contributed by atoms with E-state index in [4.69, 9.17) is 5.11 Å². The van der Waals surface area contributed by atoms with Gasteiger partial charge in [-0.3, -0.25) is 4.79 Å². The fourth-order valence-electron chi connectivity index (χ4n) is 2.17. The van der Waals surface area contributed by atoms with Crippen LogP contribution in [0.4, 0.5) is 0 Å². The van der Waals surface area contributed by atoms with Crippen LogP contribution >= 0.6 is 11.8 Å².